The standard InChI is InChI=1S/C6H6FNS/c7-5-3-4(8)1-2-6(5)9/h1-3,9H,8H2. The smallest absolute Gasteiger partial charge is 0.138 e. The van der Waals surface area contributed by atoms with E-state index in [1.165, 1.54) is 12.1 Å². The molecule has 0 atom stereocenters. The quantitative estimate of drug-likeness (QED) is 0.419. The summed E-state index contributed by atoms with van der Waals surface area (Å²) in [6, 6.07) is 4.36. The molecule has 0 saturated heterocycles. The van der Waals surface area contributed by atoms with Crippen LogP contribution in [0.4, 0.5) is 10.1 Å². The molecule has 0 aliphatic rings. The summed E-state index contributed by atoms with van der Waals surface area (Å²) in [4.78, 5) is 0.323. The van der Waals surface area contributed by atoms with E-state index in [0.717, 1.165) is 0 Å². The average molecular weight is 143 g/mol. The Balaban J connectivity index is 3.17. The highest BCUT2D eigenvalue weighted by Crippen LogP contribution is 2.14. The predicted molar refractivity (Wildman–Crippen MR) is 38.1 cm³/mol. The highest BCUT2D eigenvalue weighted by molar-refractivity contribution is 7.80. The minimum Gasteiger partial charge on any atom is -0.399 e. The highest BCUT2D eigenvalue weighted by Gasteiger charge is 1.94. The molecule has 0 heterocycles. The summed E-state index contributed by atoms with van der Waals surface area (Å²) >= 11 is 3.81. The Kier molecular flexibility index (Phi) is 1.62. The van der Waals surface area contributed by atoms with Crippen molar-refractivity contribution >= 4 is 18.3 Å². The molecule has 2 N–H and O–H groups in total. The van der Waals surface area contributed by atoms with Crippen molar-refractivity contribution in [2.24, 2.45) is 0 Å². The topological polar surface area (TPSA) is 26.0 Å². The first-order valence-electron chi connectivity index (χ1n) is 2.44. The fourth-order valence-electron chi connectivity index (χ4n) is 0.523. The first-order valence-corrected chi connectivity index (χ1v) is 2.89. The molecule has 0 aliphatic heterocycles. The molecule has 0 amide bonds. The van der Waals surface area contributed by atoms with Gasteiger partial charge in [-0.1, -0.05) is 0 Å². The first kappa shape index (κ1) is 6.42. The Morgan fingerprint density at radius 3 is 2.56 bits per heavy atom. The van der Waals surface area contributed by atoms with Crippen LogP contribution in [0.3, 0.4) is 0 Å². The molecule has 0 unspecified atom stereocenters. The van der Waals surface area contributed by atoms with Crippen LogP contribution in [-0.2, 0) is 0 Å². The Bertz CT molecular complexity index is 224. The molecule has 0 aliphatic carbocycles. The molecule has 0 saturated carbocycles. The van der Waals surface area contributed by atoms with Gasteiger partial charge in [-0.25, -0.2) is 4.39 Å². The van der Waals surface area contributed by atoms with E-state index in [0.29, 0.717) is 10.6 Å². The van der Waals surface area contributed by atoms with Crippen LogP contribution in [0.1, 0.15) is 0 Å². The molecule has 48 valence electrons. The Hall–Kier alpha value is -0.700. The number of rotatable bonds is 0. The van der Waals surface area contributed by atoms with Gasteiger partial charge in [-0.2, -0.15) is 0 Å². The van der Waals surface area contributed by atoms with Gasteiger partial charge < -0.3 is 5.73 Å². The van der Waals surface area contributed by atoms with Crippen LogP contribution < -0.4 is 5.73 Å². The zero-order valence-electron chi connectivity index (χ0n) is 4.63. The fourth-order valence-corrected chi connectivity index (χ4v) is 0.662. The number of thiol groups is 1. The largest absolute Gasteiger partial charge is 0.399 e. The van der Waals surface area contributed by atoms with Crippen LogP contribution >= 0.6 is 12.6 Å². The summed E-state index contributed by atoms with van der Waals surface area (Å²) in [5, 5.41) is 0. The van der Waals surface area contributed by atoms with E-state index < -0.39 is 0 Å². The molecule has 0 aromatic heterocycles. The van der Waals surface area contributed by atoms with Gasteiger partial charge in [0, 0.05) is 10.6 Å². The first-order chi connectivity index (χ1) is 4.20. The molecule has 1 rings (SSSR count). The number of hydrogen-bond donors (Lipinski definition) is 2. The lowest BCUT2D eigenvalue weighted by Crippen LogP contribution is -1.85. The summed E-state index contributed by atoms with van der Waals surface area (Å²) < 4.78 is 12.4. The number of hydrogen-bond acceptors (Lipinski definition) is 2. The van der Waals surface area contributed by atoms with Gasteiger partial charge >= 0.3 is 0 Å². The summed E-state index contributed by atoms with van der Waals surface area (Å²) in [5.41, 5.74) is 5.68. The normalized spacial score (nSPS) is 9.56. The van der Waals surface area contributed by atoms with Crippen molar-refractivity contribution in [2.75, 3.05) is 5.73 Å². The molecule has 9 heavy (non-hydrogen) atoms. The lowest BCUT2D eigenvalue weighted by atomic mass is 10.3. The summed E-state index contributed by atoms with van der Waals surface area (Å²) in [7, 11) is 0. The van der Waals surface area contributed by atoms with Gasteiger partial charge in [0.25, 0.3) is 0 Å². The third kappa shape index (κ3) is 1.36. The summed E-state index contributed by atoms with van der Waals surface area (Å²) in [5.74, 6) is -0.377. The van der Waals surface area contributed by atoms with Crippen molar-refractivity contribution in [1.82, 2.24) is 0 Å². The number of anilines is 1. The second-order valence-electron chi connectivity index (χ2n) is 1.71. The van der Waals surface area contributed by atoms with Crippen molar-refractivity contribution in [2.45, 2.75) is 4.90 Å². The van der Waals surface area contributed by atoms with E-state index >= 15 is 0 Å². The van der Waals surface area contributed by atoms with Crippen LogP contribution in [0.5, 0.6) is 0 Å². The second-order valence-corrected chi connectivity index (χ2v) is 2.19. The van der Waals surface area contributed by atoms with E-state index in [9.17, 15) is 4.39 Å². The molecular weight excluding hydrogens is 137 g/mol. The SMILES string of the molecule is Nc1ccc(S)c(F)c1. The maximum Gasteiger partial charge on any atom is 0.138 e. The van der Waals surface area contributed by atoms with Crippen molar-refractivity contribution in [3.8, 4) is 0 Å². The molecule has 0 spiro atoms. The van der Waals surface area contributed by atoms with Gasteiger partial charge in [-0.05, 0) is 18.2 Å². The number of nitrogen functional groups attached to an aromatic ring is 1. The van der Waals surface area contributed by atoms with Crippen LogP contribution in [0.2, 0.25) is 0 Å². The molecule has 0 bridgehead atoms. The lowest BCUT2D eigenvalue weighted by Gasteiger charge is -1.94. The monoisotopic (exact) mass is 143 g/mol. The predicted octanol–water partition coefficient (Wildman–Crippen LogP) is 1.70. The third-order valence-corrected chi connectivity index (χ3v) is 1.33. The Morgan fingerprint density at radius 2 is 2.11 bits per heavy atom. The van der Waals surface area contributed by atoms with Gasteiger partial charge in [-0.15, -0.1) is 12.6 Å². The van der Waals surface area contributed by atoms with Gasteiger partial charge in [0.15, 0.2) is 0 Å². The van der Waals surface area contributed by atoms with Gasteiger partial charge in [-0.3, -0.25) is 0 Å². The molecule has 1 nitrogen and oxygen atoms in total. The third-order valence-electron chi connectivity index (χ3n) is 0.972. The maximum atomic E-state index is 12.4. The summed E-state index contributed by atoms with van der Waals surface area (Å²) in [6.07, 6.45) is 0. The van der Waals surface area contributed by atoms with Crippen molar-refractivity contribution in [3.05, 3.63) is 24.0 Å². The van der Waals surface area contributed by atoms with Crippen molar-refractivity contribution < 1.29 is 4.39 Å². The molecule has 1 aromatic carbocycles. The number of nitrogens with two attached hydrogens (primary N) is 1. The molecule has 0 fully saturated rings. The Morgan fingerprint density at radius 1 is 1.44 bits per heavy atom. The van der Waals surface area contributed by atoms with E-state index in [1.54, 1.807) is 6.07 Å². The molecule has 0 radical (unpaired) electrons. The Labute approximate surface area is 58.1 Å². The lowest BCUT2D eigenvalue weighted by molar-refractivity contribution is 0.603. The van der Waals surface area contributed by atoms with Gasteiger partial charge in [0.05, 0.1) is 0 Å². The van der Waals surface area contributed by atoms with E-state index in [-0.39, 0.29) is 5.82 Å². The molecular formula is C6H6FNS. The highest BCUT2D eigenvalue weighted by atomic mass is 32.1. The fraction of sp³-hybridized carbons (Fsp3) is 0. The van der Waals surface area contributed by atoms with Crippen LogP contribution in [0, 0.1) is 5.82 Å². The second kappa shape index (κ2) is 2.27. The number of halogens is 1. The van der Waals surface area contributed by atoms with E-state index in [1.807, 2.05) is 0 Å². The van der Waals surface area contributed by atoms with E-state index in [2.05, 4.69) is 12.6 Å². The minimum absolute atomic E-state index is 0.323. The maximum absolute atomic E-state index is 12.4. The zero-order valence-corrected chi connectivity index (χ0v) is 5.53. The average Bonchev–Trinajstić information content (AvgIpc) is 1.80. The minimum atomic E-state index is -0.377. The van der Waals surface area contributed by atoms with Crippen LogP contribution in [0.25, 0.3) is 0 Å². The molecule has 1 aromatic rings. The van der Waals surface area contributed by atoms with Crippen molar-refractivity contribution in [3.63, 3.8) is 0 Å². The summed E-state index contributed by atoms with van der Waals surface area (Å²) in [6.45, 7) is 0. The zero-order chi connectivity index (χ0) is 6.85. The van der Waals surface area contributed by atoms with Crippen molar-refractivity contribution in [1.29, 1.82) is 0 Å². The van der Waals surface area contributed by atoms with Crippen LogP contribution in [0.15, 0.2) is 23.1 Å². The van der Waals surface area contributed by atoms with Gasteiger partial charge in [0.1, 0.15) is 5.82 Å². The number of benzene rings is 1. The molecule has 3 heteroatoms. The van der Waals surface area contributed by atoms with Crippen LogP contribution in [-0.4, -0.2) is 0 Å². The van der Waals surface area contributed by atoms with Gasteiger partial charge in [0.2, 0.25) is 0 Å². The van der Waals surface area contributed by atoms with E-state index in [4.69, 9.17) is 5.73 Å².